The van der Waals surface area contributed by atoms with Crippen molar-refractivity contribution >= 4 is 39.8 Å². The van der Waals surface area contributed by atoms with Crippen molar-refractivity contribution in [1.82, 2.24) is 24.4 Å². The Labute approximate surface area is 206 Å². The number of benzene rings is 1. The Bertz CT molecular complexity index is 1100. The number of anilines is 1. The van der Waals surface area contributed by atoms with E-state index in [1.807, 2.05) is 4.57 Å². The molecular weight excluding hydrogens is 504 g/mol. The molecule has 3 heterocycles. The molecule has 0 aliphatic carbocycles. The molecule has 3 aliphatic heterocycles. The highest BCUT2D eigenvalue weighted by Gasteiger charge is 2.23. The number of nitrogens with zero attached hydrogens (tertiary/aromatic N) is 5. The van der Waals surface area contributed by atoms with Gasteiger partial charge in [-0.2, -0.15) is 0 Å². The van der Waals surface area contributed by atoms with Crippen LogP contribution in [0.4, 0.5) is 5.82 Å². The van der Waals surface area contributed by atoms with Crippen LogP contribution in [0.3, 0.4) is 0 Å². The van der Waals surface area contributed by atoms with Gasteiger partial charge in [0, 0.05) is 22.5 Å². The number of imidazole rings is 1. The van der Waals surface area contributed by atoms with Crippen LogP contribution in [0.5, 0.6) is 0 Å². The maximum Gasteiger partial charge on any atom is 0.195 e. The number of likely N-dealkylation sites (tertiary alicyclic amines) is 1. The number of aliphatic hydroxyl groups excluding tert-OH is 1. The zero-order chi connectivity index (χ0) is 23.5. The number of piperidine rings is 1. The van der Waals surface area contributed by atoms with Crippen molar-refractivity contribution in [2.45, 2.75) is 55.8 Å². The van der Waals surface area contributed by atoms with E-state index in [0.717, 1.165) is 54.1 Å². The monoisotopic (exact) mass is 532 g/mol. The number of nitrogen functional groups attached to an aromatic ring is 1. The predicted molar refractivity (Wildman–Crippen MR) is 132 cm³/mol. The Kier molecular flexibility index (Phi) is 7.68. The highest BCUT2D eigenvalue weighted by Crippen LogP contribution is 2.36. The molecule has 1 fully saturated rings. The van der Waals surface area contributed by atoms with Crippen LogP contribution in [0.2, 0.25) is 0 Å². The predicted octanol–water partition coefficient (Wildman–Crippen LogP) is 3.55. The summed E-state index contributed by atoms with van der Waals surface area (Å²) in [5, 5.41) is 10.2. The number of β-amino-alcohol motifs (C(OH)–C–C–N with tert-alkyl or cyclic N) is 1. The van der Waals surface area contributed by atoms with Crippen LogP contribution in [0.25, 0.3) is 11.5 Å². The smallest absolute Gasteiger partial charge is 0.195 e. The Morgan fingerprint density at radius 3 is 2.73 bits per heavy atom. The Balaban J connectivity index is 1.43. The van der Waals surface area contributed by atoms with Gasteiger partial charge in [-0.3, -0.25) is 0 Å². The second-order valence-electron chi connectivity index (χ2n) is 8.71. The molecule has 1 aromatic rings. The first kappa shape index (κ1) is 24.1. The van der Waals surface area contributed by atoms with Gasteiger partial charge in [-0.05, 0) is 103 Å². The molecule has 3 N–H and O–H groups in total. The molecule has 1 saturated heterocycles. The van der Waals surface area contributed by atoms with Gasteiger partial charge in [0.2, 0.25) is 0 Å². The van der Waals surface area contributed by atoms with Crippen LogP contribution < -0.4 is 5.73 Å². The van der Waals surface area contributed by atoms with Crippen molar-refractivity contribution in [1.29, 1.82) is 0 Å². The third-order valence-corrected chi connectivity index (χ3v) is 8.15. The van der Waals surface area contributed by atoms with Gasteiger partial charge >= 0.3 is 0 Å². The van der Waals surface area contributed by atoms with Crippen molar-refractivity contribution in [3.8, 4) is 11.5 Å². The van der Waals surface area contributed by atoms with E-state index < -0.39 is 6.10 Å². The van der Waals surface area contributed by atoms with Crippen molar-refractivity contribution in [3.63, 3.8) is 0 Å². The first-order valence-corrected chi connectivity index (χ1v) is 12.7. The van der Waals surface area contributed by atoms with Crippen LogP contribution in [0.1, 0.15) is 30.4 Å². The standard InChI is InChI=1S/C23H29BrN6O2S/c1-14-9-18(24)19(10-15(14)2)33-23-27-20-21(25)26-13-30(22(20)28-23)8-5-16-3-6-29(7-4-16)11-17(32)12-31/h9-10,12-13,16-17,32H,3-8,11,25H2,1-2H3. The summed E-state index contributed by atoms with van der Waals surface area (Å²) in [4.78, 5) is 27.7. The number of carbonyl (C=O) groups excluding carboxylic acids is 1. The number of fused-ring (bicyclic) bond motifs is 1. The number of hydrogen-bond acceptors (Lipinski definition) is 8. The van der Waals surface area contributed by atoms with Crippen molar-refractivity contribution in [3.05, 3.63) is 34.1 Å². The topological polar surface area (TPSA) is 110 Å². The fraction of sp³-hybridized carbons (Fsp3) is 0.478. The summed E-state index contributed by atoms with van der Waals surface area (Å²) in [5.41, 5.74) is 9.21. The molecule has 33 heavy (non-hydrogen) atoms. The number of hydrogen-bond donors (Lipinski definition) is 2. The first-order valence-electron chi connectivity index (χ1n) is 11.1. The van der Waals surface area contributed by atoms with Crippen LogP contribution in [0.15, 0.2) is 33.0 Å². The quantitative estimate of drug-likeness (QED) is 0.423. The molecule has 8 nitrogen and oxygen atoms in total. The number of halogens is 1. The SMILES string of the molecule is Cc1cc(Br)c(Sc2nc3c(N)ncn(CCC4CCN(CC(O)C=O)CC4)c-3n2)cc1C. The van der Waals surface area contributed by atoms with E-state index in [9.17, 15) is 9.90 Å². The molecule has 3 aliphatic rings. The van der Waals surface area contributed by atoms with Crippen LogP contribution >= 0.6 is 27.7 Å². The number of aromatic nitrogens is 4. The summed E-state index contributed by atoms with van der Waals surface area (Å²) in [6, 6.07) is 4.25. The molecule has 176 valence electrons. The van der Waals surface area contributed by atoms with Gasteiger partial charge in [-0.25, -0.2) is 15.0 Å². The van der Waals surface area contributed by atoms with Gasteiger partial charge in [0.05, 0.1) is 6.33 Å². The molecule has 0 radical (unpaired) electrons. The third-order valence-electron chi connectivity index (χ3n) is 6.31. The molecule has 1 aromatic carbocycles. The number of aryl methyl sites for hydroxylation is 3. The normalized spacial score (nSPS) is 16.4. The average Bonchev–Trinajstić information content (AvgIpc) is 3.23. The van der Waals surface area contributed by atoms with Gasteiger partial charge in [0.25, 0.3) is 0 Å². The summed E-state index contributed by atoms with van der Waals surface area (Å²) in [5.74, 6) is 1.73. The lowest BCUT2D eigenvalue weighted by atomic mass is 9.93. The third kappa shape index (κ3) is 5.74. The van der Waals surface area contributed by atoms with Gasteiger partial charge in [-0.1, -0.05) is 0 Å². The summed E-state index contributed by atoms with van der Waals surface area (Å²) >= 11 is 5.17. The van der Waals surface area contributed by atoms with E-state index in [1.165, 1.54) is 22.9 Å². The van der Waals surface area contributed by atoms with E-state index >= 15 is 0 Å². The van der Waals surface area contributed by atoms with Gasteiger partial charge < -0.3 is 25.1 Å². The van der Waals surface area contributed by atoms with Gasteiger partial charge in [0.15, 0.2) is 22.5 Å². The van der Waals surface area contributed by atoms with Crippen molar-refractivity contribution < 1.29 is 9.90 Å². The zero-order valence-corrected chi connectivity index (χ0v) is 21.3. The van der Waals surface area contributed by atoms with Gasteiger partial charge in [0.1, 0.15) is 12.4 Å². The molecule has 1 unspecified atom stereocenters. The maximum atomic E-state index is 10.7. The number of rotatable bonds is 8. The van der Waals surface area contributed by atoms with Crippen LogP contribution in [0, 0.1) is 19.8 Å². The minimum Gasteiger partial charge on any atom is -0.384 e. The number of aliphatic hydroxyl groups is 1. The number of aldehydes is 1. The van der Waals surface area contributed by atoms with E-state index in [1.54, 1.807) is 6.33 Å². The van der Waals surface area contributed by atoms with Crippen LogP contribution in [-0.4, -0.2) is 61.5 Å². The lowest BCUT2D eigenvalue weighted by molar-refractivity contribution is -0.115. The Hall–Kier alpha value is -2.01. The van der Waals surface area contributed by atoms with Gasteiger partial charge in [-0.15, -0.1) is 0 Å². The van der Waals surface area contributed by atoms with E-state index in [-0.39, 0.29) is 0 Å². The number of nitrogens with two attached hydrogens (primary N) is 1. The highest BCUT2D eigenvalue weighted by molar-refractivity contribution is 9.10. The second-order valence-corrected chi connectivity index (χ2v) is 10.6. The van der Waals surface area contributed by atoms with E-state index in [2.05, 4.69) is 56.8 Å². The fourth-order valence-electron chi connectivity index (χ4n) is 4.16. The molecule has 0 amide bonds. The number of carbonyl (C=O) groups is 1. The minimum atomic E-state index is -0.890. The summed E-state index contributed by atoms with van der Waals surface area (Å²) in [6.45, 7) is 7.21. The summed E-state index contributed by atoms with van der Waals surface area (Å²) in [6.07, 6.45) is 4.57. The molecular formula is C23H29BrN6O2S. The average molecular weight is 533 g/mol. The molecule has 0 bridgehead atoms. The Morgan fingerprint density at radius 2 is 2.00 bits per heavy atom. The Morgan fingerprint density at radius 1 is 1.27 bits per heavy atom. The summed E-state index contributed by atoms with van der Waals surface area (Å²) in [7, 11) is 0. The van der Waals surface area contributed by atoms with E-state index in [4.69, 9.17) is 10.7 Å². The molecule has 1 atom stereocenters. The molecule has 0 aromatic heterocycles. The van der Waals surface area contributed by atoms with Crippen LogP contribution in [-0.2, 0) is 11.3 Å². The first-order chi connectivity index (χ1) is 15.8. The lowest BCUT2D eigenvalue weighted by Gasteiger charge is -2.32. The molecule has 0 spiro atoms. The fourth-order valence-corrected chi connectivity index (χ4v) is 5.72. The van der Waals surface area contributed by atoms with E-state index in [0.29, 0.717) is 35.4 Å². The largest absolute Gasteiger partial charge is 0.384 e. The minimum absolute atomic E-state index is 0.391. The zero-order valence-electron chi connectivity index (χ0n) is 18.9. The molecule has 0 saturated carbocycles. The second kappa shape index (κ2) is 10.5. The summed E-state index contributed by atoms with van der Waals surface area (Å²) < 4.78 is 3.07. The van der Waals surface area contributed by atoms with Crippen molar-refractivity contribution in [2.24, 2.45) is 5.92 Å². The highest BCUT2D eigenvalue weighted by atomic mass is 79.9. The maximum absolute atomic E-state index is 10.7. The van der Waals surface area contributed by atoms with Crippen molar-refractivity contribution in [2.75, 3.05) is 25.4 Å². The molecule has 10 heteroatoms. The lowest BCUT2D eigenvalue weighted by Crippen LogP contribution is -2.39. The molecule has 4 rings (SSSR count).